The van der Waals surface area contributed by atoms with Crippen LogP contribution in [-0.2, 0) is 16.0 Å². The Kier molecular flexibility index (Phi) is 4.27. The number of amides is 2. The molecular weight excluding hydrogens is 302 g/mol. The van der Waals surface area contributed by atoms with E-state index in [4.69, 9.17) is 0 Å². The Morgan fingerprint density at radius 2 is 1.96 bits per heavy atom. The summed E-state index contributed by atoms with van der Waals surface area (Å²) in [6.45, 7) is 0. The Morgan fingerprint density at radius 3 is 2.75 bits per heavy atom. The average Bonchev–Trinajstić information content (AvgIpc) is 2.76. The number of nitrogens with one attached hydrogen (secondary N) is 3. The van der Waals surface area contributed by atoms with Crippen LogP contribution in [0.4, 0.5) is 11.4 Å². The predicted octanol–water partition coefficient (Wildman–Crippen LogP) is 2.82. The zero-order valence-electron chi connectivity index (χ0n) is 13.9. The predicted molar refractivity (Wildman–Crippen MR) is 93.9 cm³/mol. The third-order valence-electron chi connectivity index (χ3n) is 5.56. The van der Waals surface area contributed by atoms with Crippen LogP contribution in [0.5, 0.6) is 0 Å². The second-order valence-corrected chi connectivity index (χ2v) is 7.50. The van der Waals surface area contributed by atoms with Gasteiger partial charge in [-0.25, -0.2) is 0 Å². The maximum atomic E-state index is 12.4. The first-order chi connectivity index (χ1) is 11.7. The van der Waals surface area contributed by atoms with Gasteiger partial charge < -0.3 is 16.0 Å². The van der Waals surface area contributed by atoms with Crippen LogP contribution < -0.4 is 16.0 Å². The molecule has 2 fully saturated rings. The summed E-state index contributed by atoms with van der Waals surface area (Å²) in [5.41, 5.74) is 2.83. The minimum Gasteiger partial charge on any atom is -0.326 e. The molecule has 1 aromatic carbocycles. The van der Waals surface area contributed by atoms with Crippen molar-refractivity contribution in [3.63, 3.8) is 0 Å². The van der Waals surface area contributed by atoms with E-state index in [1.54, 1.807) is 0 Å². The second-order valence-electron chi connectivity index (χ2n) is 7.50. The van der Waals surface area contributed by atoms with Crippen LogP contribution in [0, 0.1) is 5.92 Å². The van der Waals surface area contributed by atoms with E-state index in [-0.39, 0.29) is 11.8 Å². The minimum atomic E-state index is 0.0751. The molecule has 3 heterocycles. The fourth-order valence-electron chi connectivity index (χ4n) is 4.47. The number of benzene rings is 1. The van der Waals surface area contributed by atoms with E-state index in [2.05, 4.69) is 16.0 Å². The molecule has 1 aromatic rings. The highest BCUT2D eigenvalue weighted by Crippen LogP contribution is 2.33. The van der Waals surface area contributed by atoms with Crippen molar-refractivity contribution in [2.45, 2.75) is 63.5 Å². The number of hydrogen-bond acceptors (Lipinski definition) is 3. The zero-order valence-corrected chi connectivity index (χ0v) is 13.9. The number of anilines is 2. The molecule has 0 spiro atoms. The lowest BCUT2D eigenvalue weighted by Crippen LogP contribution is -2.39. The first kappa shape index (κ1) is 15.6. The number of carbonyl (C=O) groups excluding carboxylic acids is 2. The summed E-state index contributed by atoms with van der Waals surface area (Å²) in [4.78, 5) is 24.0. The Morgan fingerprint density at radius 1 is 1.17 bits per heavy atom. The molecule has 0 aromatic heterocycles. The molecule has 0 radical (unpaired) electrons. The lowest BCUT2D eigenvalue weighted by Gasteiger charge is -2.28. The third-order valence-corrected chi connectivity index (χ3v) is 5.56. The monoisotopic (exact) mass is 327 g/mol. The Labute approximate surface area is 142 Å². The Balaban J connectivity index is 1.37. The second kappa shape index (κ2) is 6.55. The molecule has 2 amide bonds. The normalized spacial score (nSPS) is 28.7. The maximum absolute atomic E-state index is 12.4. The van der Waals surface area contributed by atoms with Gasteiger partial charge in [-0.15, -0.1) is 0 Å². The summed E-state index contributed by atoms with van der Waals surface area (Å²) >= 11 is 0. The molecule has 2 unspecified atom stereocenters. The van der Waals surface area contributed by atoms with Gasteiger partial charge in [-0.1, -0.05) is 0 Å². The first-order valence-electron chi connectivity index (χ1n) is 9.14. The van der Waals surface area contributed by atoms with Gasteiger partial charge in [0.15, 0.2) is 0 Å². The van der Waals surface area contributed by atoms with E-state index in [0.29, 0.717) is 30.8 Å². The zero-order chi connectivity index (χ0) is 16.5. The number of hydrogen-bond donors (Lipinski definition) is 3. The summed E-state index contributed by atoms with van der Waals surface area (Å²) in [5.74, 6) is 0.689. The molecule has 0 aliphatic carbocycles. The van der Waals surface area contributed by atoms with E-state index >= 15 is 0 Å². The van der Waals surface area contributed by atoms with E-state index in [0.717, 1.165) is 42.6 Å². The van der Waals surface area contributed by atoms with E-state index in [1.165, 1.54) is 12.8 Å². The lowest BCUT2D eigenvalue weighted by atomic mass is 9.89. The van der Waals surface area contributed by atoms with Crippen LogP contribution in [0.1, 0.15) is 50.5 Å². The minimum absolute atomic E-state index is 0.0751. The molecule has 3 aliphatic rings. The van der Waals surface area contributed by atoms with Crippen molar-refractivity contribution < 1.29 is 9.59 Å². The van der Waals surface area contributed by atoms with E-state index < -0.39 is 0 Å². The summed E-state index contributed by atoms with van der Waals surface area (Å²) in [6.07, 6.45) is 7.68. The molecule has 4 rings (SSSR count). The Hall–Kier alpha value is -1.88. The molecule has 2 atom stereocenters. The fraction of sp³-hybridized carbons (Fsp3) is 0.579. The van der Waals surface area contributed by atoms with Crippen molar-refractivity contribution in [3.8, 4) is 0 Å². The molecule has 0 saturated carbocycles. The molecular formula is C19H25N3O2. The standard InChI is InChI=1S/C19H25N3O2/c23-18-3-1-2-13-11-16(6-7-17(13)22-18)21-19(24)10-12-8-14-4-5-15(9-12)20-14/h6-7,11-12,14-15,20H,1-5,8-10H2,(H,21,24)(H,22,23). The molecule has 2 bridgehead atoms. The lowest BCUT2D eigenvalue weighted by molar-refractivity contribution is -0.117. The average molecular weight is 327 g/mol. The van der Waals surface area contributed by atoms with Crippen molar-refractivity contribution in [3.05, 3.63) is 23.8 Å². The van der Waals surface area contributed by atoms with E-state index in [1.807, 2.05) is 18.2 Å². The number of carbonyl (C=O) groups is 2. The van der Waals surface area contributed by atoms with Crippen LogP contribution in [0.15, 0.2) is 18.2 Å². The van der Waals surface area contributed by atoms with Crippen LogP contribution in [0.3, 0.4) is 0 Å². The summed E-state index contributed by atoms with van der Waals surface area (Å²) in [7, 11) is 0. The van der Waals surface area contributed by atoms with Crippen molar-refractivity contribution in [1.82, 2.24) is 5.32 Å². The third kappa shape index (κ3) is 3.46. The fourth-order valence-corrected chi connectivity index (χ4v) is 4.47. The highest BCUT2D eigenvalue weighted by molar-refractivity contribution is 5.94. The molecule has 24 heavy (non-hydrogen) atoms. The number of fused-ring (bicyclic) bond motifs is 3. The highest BCUT2D eigenvalue weighted by atomic mass is 16.2. The van der Waals surface area contributed by atoms with Crippen LogP contribution in [0.25, 0.3) is 0 Å². The first-order valence-corrected chi connectivity index (χ1v) is 9.14. The van der Waals surface area contributed by atoms with Crippen LogP contribution in [-0.4, -0.2) is 23.9 Å². The SMILES string of the molecule is O=C(CC1CC2CCC(C1)N2)Nc1ccc2c(c1)CCCC(=O)N2. The molecule has 2 saturated heterocycles. The van der Waals surface area contributed by atoms with Gasteiger partial charge in [0.1, 0.15) is 0 Å². The van der Waals surface area contributed by atoms with Crippen molar-refractivity contribution in [1.29, 1.82) is 0 Å². The summed E-state index contributed by atoms with van der Waals surface area (Å²) in [5, 5.41) is 9.60. The summed E-state index contributed by atoms with van der Waals surface area (Å²) in [6, 6.07) is 7.04. The number of aryl methyl sites for hydroxylation is 1. The van der Waals surface area contributed by atoms with Gasteiger partial charge in [0.25, 0.3) is 0 Å². The van der Waals surface area contributed by atoms with Gasteiger partial charge in [0.05, 0.1) is 0 Å². The molecule has 3 N–H and O–H groups in total. The number of piperidine rings is 1. The Bertz CT molecular complexity index is 646. The van der Waals surface area contributed by atoms with Crippen molar-refractivity contribution >= 4 is 23.2 Å². The topological polar surface area (TPSA) is 70.2 Å². The van der Waals surface area contributed by atoms with Gasteiger partial charge >= 0.3 is 0 Å². The molecule has 128 valence electrons. The highest BCUT2D eigenvalue weighted by Gasteiger charge is 2.34. The summed E-state index contributed by atoms with van der Waals surface area (Å²) < 4.78 is 0. The maximum Gasteiger partial charge on any atom is 0.224 e. The van der Waals surface area contributed by atoms with E-state index in [9.17, 15) is 9.59 Å². The van der Waals surface area contributed by atoms with Gasteiger partial charge in [0.2, 0.25) is 11.8 Å². The molecule has 5 nitrogen and oxygen atoms in total. The quantitative estimate of drug-likeness (QED) is 0.799. The smallest absolute Gasteiger partial charge is 0.224 e. The van der Waals surface area contributed by atoms with Crippen molar-refractivity contribution in [2.24, 2.45) is 5.92 Å². The number of rotatable bonds is 3. The van der Waals surface area contributed by atoms with Gasteiger partial charge in [-0.3, -0.25) is 9.59 Å². The van der Waals surface area contributed by atoms with Gasteiger partial charge in [-0.2, -0.15) is 0 Å². The van der Waals surface area contributed by atoms with Crippen molar-refractivity contribution in [2.75, 3.05) is 10.6 Å². The molecule has 3 aliphatic heterocycles. The van der Waals surface area contributed by atoms with Crippen LogP contribution >= 0.6 is 0 Å². The molecule has 5 heteroatoms. The largest absolute Gasteiger partial charge is 0.326 e. The van der Waals surface area contributed by atoms with Crippen LogP contribution in [0.2, 0.25) is 0 Å². The van der Waals surface area contributed by atoms with Gasteiger partial charge in [0, 0.05) is 36.3 Å². The van der Waals surface area contributed by atoms with Gasteiger partial charge in [-0.05, 0) is 68.2 Å².